The van der Waals surface area contributed by atoms with Gasteiger partial charge in [0, 0.05) is 11.0 Å². The van der Waals surface area contributed by atoms with Crippen LogP contribution < -0.4 is 5.32 Å². The minimum absolute atomic E-state index is 0.0158. The SMILES string of the molecule is CCCCCCCCCCCNC(=O)c1ccccc1Br. The lowest BCUT2D eigenvalue weighted by Crippen LogP contribution is -2.24. The molecular weight excluding hydrogens is 326 g/mol. The summed E-state index contributed by atoms with van der Waals surface area (Å²) in [5.41, 5.74) is 0.716. The van der Waals surface area contributed by atoms with E-state index in [1.54, 1.807) is 0 Å². The summed E-state index contributed by atoms with van der Waals surface area (Å²) in [6, 6.07) is 7.54. The Labute approximate surface area is 137 Å². The normalized spacial score (nSPS) is 10.6. The maximum atomic E-state index is 12.0. The van der Waals surface area contributed by atoms with E-state index in [-0.39, 0.29) is 5.91 Å². The van der Waals surface area contributed by atoms with E-state index >= 15 is 0 Å². The molecule has 0 aromatic heterocycles. The zero-order chi connectivity index (χ0) is 15.3. The Kier molecular flexibility index (Phi) is 10.2. The zero-order valence-electron chi connectivity index (χ0n) is 13.2. The second-order valence-corrected chi connectivity index (χ2v) is 6.42. The van der Waals surface area contributed by atoms with E-state index in [2.05, 4.69) is 28.2 Å². The Morgan fingerprint density at radius 2 is 1.52 bits per heavy atom. The van der Waals surface area contributed by atoms with Gasteiger partial charge in [0.25, 0.3) is 5.91 Å². The number of amides is 1. The lowest BCUT2D eigenvalue weighted by atomic mass is 10.1. The summed E-state index contributed by atoms with van der Waals surface area (Å²) in [5, 5.41) is 2.99. The second kappa shape index (κ2) is 11.8. The van der Waals surface area contributed by atoms with Crippen LogP contribution in [0.15, 0.2) is 28.7 Å². The fourth-order valence-corrected chi connectivity index (χ4v) is 2.84. The van der Waals surface area contributed by atoms with Crippen LogP contribution in [0.25, 0.3) is 0 Å². The lowest BCUT2D eigenvalue weighted by molar-refractivity contribution is 0.0952. The van der Waals surface area contributed by atoms with E-state index < -0.39 is 0 Å². The molecule has 0 saturated carbocycles. The molecule has 1 rings (SSSR count). The summed E-state index contributed by atoms with van der Waals surface area (Å²) >= 11 is 3.40. The average molecular weight is 354 g/mol. The third-order valence-electron chi connectivity index (χ3n) is 3.68. The first-order valence-corrected chi connectivity index (χ1v) is 9.07. The van der Waals surface area contributed by atoms with Gasteiger partial charge < -0.3 is 5.32 Å². The van der Waals surface area contributed by atoms with Crippen molar-refractivity contribution in [2.75, 3.05) is 6.54 Å². The highest BCUT2D eigenvalue weighted by molar-refractivity contribution is 9.10. The highest BCUT2D eigenvalue weighted by Gasteiger charge is 2.07. The van der Waals surface area contributed by atoms with Crippen LogP contribution in [0.5, 0.6) is 0 Å². The lowest BCUT2D eigenvalue weighted by Gasteiger charge is -2.06. The molecule has 0 atom stereocenters. The quantitative estimate of drug-likeness (QED) is 0.507. The number of benzene rings is 1. The van der Waals surface area contributed by atoms with E-state index in [0.29, 0.717) is 5.56 Å². The summed E-state index contributed by atoms with van der Waals surface area (Å²) in [4.78, 5) is 12.0. The highest BCUT2D eigenvalue weighted by Crippen LogP contribution is 2.15. The topological polar surface area (TPSA) is 29.1 Å². The van der Waals surface area contributed by atoms with Crippen molar-refractivity contribution < 1.29 is 4.79 Å². The van der Waals surface area contributed by atoms with Gasteiger partial charge >= 0.3 is 0 Å². The molecule has 21 heavy (non-hydrogen) atoms. The van der Waals surface area contributed by atoms with Gasteiger partial charge in [-0.15, -0.1) is 0 Å². The first-order chi connectivity index (χ1) is 10.3. The molecule has 1 aromatic rings. The molecular formula is C18H28BrNO. The monoisotopic (exact) mass is 353 g/mol. The predicted octanol–water partition coefficient (Wildman–Crippen LogP) is 5.71. The van der Waals surface area contributed by atoms with Crippen molar-refractivity contribution >= 4 is 21.8 Å². The van der Waals surface area contributed by atoms with Crippen molar-refractivity contribution in [3.8, 4) is 0 Å². The van der Waals surface area contributed by atoms with E-state index in [4.69, 9.17) is 0 Å². The maximum absolute atomic E-state index is 12.0. The second-order valence-electron chi connectivity index (χ2n) is 5.56. The van der Waals surface area contributed by atoms with Gasteiger partial charge in [0.05, 0.1) is 5.56 Å². The van der Waals surface area contributed by atoms with E-state index in [0.717, 1.165) is 17.4 Å². The summed E-state index contributed by atoms with van der Waals surface area (Å²) in [5.74, 6) is 0.0158. The van der Waals surface area contributed by atoms with Gasteiger partial charge in [-0.25, -0.2) is 0 Å². The smallest absolute Gasteiger partial charge is 0.252 e. The largest absolute Gasteiger partial charge is 0.352 e. The van der Waals surface area contributed by atoms with Gasteiger partial charge in [-0.2, -0.15) is 0 Å². The molecule has 0 fully saturated rings. The van der Waals surface area contributed by atoms with Gasteiger partial charge in [0.15, 0.2) is 0 Å². The highest BCUT2D eigenvalue weighted by atomic mass is 79.9. The summed E-state index contributed by atoms with van der Waals surface area (Å²) in [6.45, 7) is 3.03. The number of carbonyl (C=O) groups excluding carboxylic acids is 1. The molecule has 0 aliphatic rings. The third kappa shape index (κ3) is 8.25. The Morgan fingerprint density at radius 1 is 0.952 bits per heavy atom. The fourth-order valence-electron chi connectivity index (χ4n) is 2.38. The standard InChI is InChI=1S/C18H28BrNO/c1-2-3-4-5-6-7-8-9-12-15-20-18(21)16-13-10-11-14-17(16)19/h10-11,13-14H,2-9,12,15H2,1H3,(H,20,21). The Morgan fingerprint density at radius 3 is 2.14 bits per heavy atom. The third-order valence-corrected chi connectivity index (χ3v) is 4.38. The van der Waals surface area contributed by atoms with Crippen molar-refractivity contribution in [3.63, 3.8) is 0 Å². The molecule has 0 spiro atoms. The Hall–Kier alpha value is -0.830. The predicted molar refractivity (Wildman–Crippen MR) is 93.7 cm³/mol. The summed E-state index contributed by atoms with van der Waals surface area (Å²) < 4.78 is 0.856. The van der Waals surface area contributed by atoms with Gasteiger partial charge in [-0.05, 0) is 34.5 Å². The van der Waals surface area contributed by atoms with E-state index in [1.165, 1.54) is 51.4 Å². The van der Waals surface area contributed by atoms with Crippen LogP contribution in [0.3, 0.4) is 0 Å². The molecule has 3 heteroatoms. The number of hydrogen-bond acceptors (Lipinski definition) is 1. The minimum atomic E-state index is 0.0158. The Balaban J connectivity index is 1.99. The molecule has 0 unspecified atom stereocenters. The van der Waals surface area contributed by atoms with Crippen molar-refractivity contribution in [3.05, 3.63) is 34.3 Å². The first-order valence-electron chi connectivity index (χ1n) is 8.28. The first kappa shape index (κ1) is 18.2. The van der Waals surface area contributed by atoms with Crippen LogP contribution >= 0.6 is 15.9 Å². The number of nitrogens with one attached hydrogen (secondary N) is 1. The molecule has 0 aliphatic heterocycles. The van der Waals surface area contributed by atoms with Crippen LogP contribution in [0.4, 0.5) is 0 Å². The molecule has 0 bridgehead atoms. The zero-order valence-corrected chi connectivity index (χ0v) is 14.8. The molecule has 118 valence electrons. The number of carbonyl (C=O) groups is 1. The van der Waals surface area contributed by atoms with Crippen LogP contribution in [-0.4, -0.2) is 12.5 Å². The van der Waals surface area contributed by atoms with E-state index in [1.807, 2.05) is 24.3 Å². The number of hydrogen-bond donors (Lipinski definition) is 1. The van der Waals surface area contributed by atoms with Crippen LogP contribution in [0.2, 0.25) is 0 Å². The van der Waals surface area contributed by atoms with Crippen LogP contribution in [0, 0.1) is 0 Å². The van der Waals surface area contributed by atoms with Gasteiger partial charge in [0.2, 0.25) is 0 Å². The Bertz CT molecular complexity index is 406. The minimum Gasteiger partial charge on any atom is -0.352 e. The van der Waals surface area contributed by atoms with Crippen LogP contribution in [-0.2, 0) is 0 Å². The summed E-state index contributed by atoms with van der Waals surface area (Å²) in [6.07, 6.45) is 11.7. The average Bonchev–Trinajstić information content (AvgIpc) is 2.49. The van der Waals surface area contributed by atoms with E-state index in [9.17, 15) is 4.79 Å². The van der Waals surface area contributed by atoms with Gasteiger partial charge in [0.1, 0.15) is 0 Å². The molecule has 0 heterocycles. The van der Waals surface area contributed by atoms with Crippen LogP contribution in [0.1, 0.15) is 75.1 Å². The summed E-state index contributed by atoms with van der Waals surface area (Å²) in [7, 11) is 0. The molecule has 1 amide bonds. The van der Waals surface area contributed by atoms with Gasteiger partial charge in [-0.3, -0.25) is 4.79 Å². The van der Waals surface area contributed by atoms with Crippen molar-refractivity contribution in [1.82, 2.24) is 5.32 Å². The van der Waals surface area contributed by atoms with Crippen molar-refractivity contribution in [2.45, 2.75) is 64.7 Å². The van der Waals surface area contributed by atoms with Gasteiger partial charge in [-0.1, -0.05) is 70.4 Å². The molecule has 0 radical (unpaired) electrons. The number of unbranched alkanes of at least 4 members (excludes halogenated alkanes) is 8. The van der Waals surface area contributed by atoms with Crippen molar-refractivity contribution in [1.29, 1.82) is 0 Å². The maximum Gasteiger partial charge on any atom is 0.252 e. The number of rotatable bonds is 11. The molecule has 1 aromatic carbocycles. The molecule has 0 aliphatic carbocycles. The molecule has 0 saturated heterocycles. The van der Waals surface area contributed by atoms with Crippen molar-refractivity contribution in [2.24, 2.45) is 0 Å². The fraction of sp³-hybridized carbons (Fsp3) is 0.611. The molecule has 1 N–H and O–H groups in total. The number of halogens is 1. The molecule has 2 nitrogen and oxygen atoms in total.